The monoisotopic (exact) mass is 792 g/mol. The van der Waals surface area contributed by atoms with Gasteiger partial charge in [0.2, 0.25) is 0 Å². The van der Waals surface area contributed by atoms with Crippen molar-refractivity contribution >= 4 is 22.1 Å². The Bertz CT molecular complexity index is 2420. The van der Waals surface area contributed by atoms with Gasteiger partial charge in [0.15, 0.2) is 6.54 Å². The number of halogens is 3. The van der Waals surface area contributed by atoms with Gasteiger partial charge in [0.1, 0.15) is 15.8 Å². The van der Waals surface area contributed by atoms with Crippen LogP contribution in [0, 0.1) is 18.3 Å². The second kappa shape index (κ2) is 16.4. The summed E-state index contributed by atoms with van der Waals surface area (Å²) in [6.45, 7) is 2.75. The number of likely N-dealkylation sites (N-methyl/N-ethyl adjacent to an activating group) is 1. The first-order valence-corrected chi connectivity index (χ1v) is 18.7. The summed E-state index contributed by atoms with van der Waals surface area (Å²) in [7, 11) is 1.54. The van der Waals surface area contributed by atoms with Crippen molar-refractivity contribution < 1.29 is 40.2 Å². The summed E-state index contributed by atoms with van der Waals surface area (Å²) in [6.07, 6.45) is -2.23. The summed E-state index contributed by atoms with van der Waals surface area (Å²) >= 11 is 0. The van der Waals surface area contributed by atoms with Gasteiger partial charge in [0.05, 0.1) is 72.2 Å². The third-order valence-electron chi connectivity index (χ3n) is 8.86. The Kier molecular flexibility index (Phi) is 12.0. The largest absolute Gasteiger partial charge is 0.744 e. The molecule has 1 saturated heterocycles. The van der Waals surface area contributed by atoms with Crippen molar-refractivity contribution in [2.45, 2.75) is 36.9 Å². The number of nitrogens with zero attached hydrogens (tertiary/aromatic N) is 7. The highest BCUT2D eigenvalue weighted by molar-refractivity contribution is 7.85. The van der Waals surface area contributed by atoms with Gasteiger partial charge in [-0.15, -0.1) is 0 Å². The zero-order valence-electron chi connectivity index (χ0n) is 30.9. The Morgan fingerprint density at radius 2 is 1.61 bits per heavy atom. The minimum atomic E-state index is -4.65. The van der Waals surface area contributed by atoms with Crippen LogP contribution < -0.4 is 11.0 Å². The Morgan fingerprint density at radius 1 is 0.964 bits per heavy atom. The third kappa shape index (κ3) is 9.60. The molecule has 0 bridgehead atoms. The number of hydrogen-bond donors (Lipinski definition) is 1. The van der Waals surface area contributed by atoms with Crippen LogP contribution in [-0.4, -0.2) is 100 Å². The van der Waals surface area contributed by atoms with Gasteiger partial charge in [0.25, 0.3) is 5.91 Å². The molecule has 0 spiro atoms. The van der Waals surface area contributed by atoms with Gasteiger partial charge in [-0.05, 0) is 80.4 Å². The van der Waals surface area contributed by atoms with Crippen molar-refractivity contribution in [2.24, 2.45) is 0 Å². The number of quaternary nitrogens is 1. The molecular weight excluding hydrogens is 754 g/mol. The van der Waals surface area contributed by atoms with Crippen LogP contribution in [0.2, 0.25) is 0 Å². The maximum atomic E-state index is 14.0. The fraction of sp³-hybridized carbons (Fsp3) is 0.289. The summed E-state index contributed by atoms with van der Waals surface area (Å²) in [5, 5.41) is 16.5. The lowest BCUT2D eigenvalue weighted by Gasteiger charge is -2.34. The molecular formula is C38H39F3N8O6S. The number of nitriles is 1. The van der Waals surface area contributed by atoms with Crippen molar-refractivity contribution in [3.05, 3.63) is 118 Å². The van der Waals surface area contributed by atoms with E-state index in [1.54, 1.807) is 48.2 Å². The minimum absolute atomic E-state index is 0.0145. The standard InChI is InChI=1S/C32H33F3N8O3.C6H6O3S/c1-21-29(27-12-15-37-42(27)25-10-8-22(19-36)9-11-25)41(31(46)40(21)26-7-5-6-23(18-26)32(33,34)35)30(45)38-24-13-16-39(17-14-24)28(44)20-43(2,3)4;7-10(8,9)6-4-2-1-3-5-6/h5-12,15,18,24H,13-14,16-17,20H2,1-4H3;1-5H,(H,7,8,9). The number of imidazole rings is 1. The average Bonchev–Trinajstić information content (AvgIpc) is 3.72. The lowest BCUT2D eigenvalue weighted by Crippen LogP contribution is -2.52. The van der Waals surface area contributed by atoms with Gasteiger partial charge in [-0.2, -0.15) is 23.5 Å². The number of amides is 2. The van der Waals surface area contributed by atoms with Gasteiger partial charge in [0, 0.05) is 19.1 Å². The molecule has 2 aromatic heterocycles. The summed E-state index contributed by atoms with van der Waals surface area (Å²) in [6, 6.07) is 20.6. The van der Waals surface area contributed by atoms with E-state index >= 15 is 0 Å². The topological polar surface area (TPSA) is 175 Å². The predicted molar refractivity (Wildman–Crippen MR) is 198 cm³/mol. The molecule has 0 unspecified atom stereocenters. The van der Waals surface area contributed by atoms with E-state index in [9.17, 15) is 45.8 Å². The molecule has 56 heavy (non-hydrogen) atoms. The molecule has 1 fully saturated rings. The summed E-state index contributed by atoms with van der Waals surface area (Å²) in [4.78, 5) is 42.2. The Morgan fingerprint density at radius 3 is 2.16 bits per heavy atom. The van der Waals surface area contributed by atoms with E-state index in [1.165, 1.54) is 47.3 Å². The van der Waals surface area contributed by atoms with Crippen LogP contribution in [0.3, 0.4) is 0 Å². The number of hydrogen-bond acceptors (Lipinski definition) is 8. The van der Waals surface area contributed by atoms with Gasteiger partial charge in [-0.1, -0.05) is 24.3 Å². The summed E-state index contributed by atoms with van der Waals surface area (Å²) in [5.74, 6) is 0.0145. The van der Waals surface area contributed by atoms with E-state index in [1.807, 2.05) is 27.2 Å². The normalized spacial score (nSPS) is 13.7. The molecule has 0 saturated carbocycles. The maximum absolute atomic E-state index is 14.0. The number of benzene rings is 3. The highest BCUT2D eigenvalue weighted by Gasteiger charge is 2.33. The van der Waals surface area contributed by atoms with Crippen molar-refractivity contribution in [1.29, 1.82) is 5.26 Å². The van der Waals surface area contributed by atoms with Crippen molar-refractivity contribution in [2.75, 3.05) is 40.8 Å². The highest BCUT2D eigenvalue weighted by atomic mass is 32.2. The van der Waals surface area contributed by atoms with E-state index in [0.29, 0.717) is 53.9 Å². The first kappa shape index (κ1) is 41.1. The molecule has 1 N–H and O–H groups in total. The average molecular weight is 793 g/mol. The van der Waals surface area contributed by atoms with E-state index in [-0.39, 0.29) is 33.9 Å². The zero-order chi connectivity index (χ0) is 41.0. The molecule has 1 aliphatic heterocycles. The third-order valence-corrected chi connectivity index (χ3v) is 9.71. The number of carbonyl (C=O) groups is 2. The smallest absolute Gasteiger partial charge is 0.416 e. The van der Waals surface area contributed by atoms with Crippen LogP contribution in [-0.2, 0) is 21.1 Å². The second-order valence-corrected chi connectivity index (χ2v) is 15.4. The van der Waals surface area contributed by atoms with Crippen LogP contribution in [0.4, 0.5) is 18.0 Å². The van der Waals surface area contributed by atoms with Crippen molar-refractivity contribution in [1.82, 2.24) is 29.1 Å². The number of piperidine rings is 1. The minimum Gasteiger partial charge on any atom is -0.744 e. The van der Waals surface area contributed by atoms with Gasteiger partial charge in [-0.3, -0.25) is 9.36 Å². The number of nitrogens with one attached hydrogen (secondary N) is 1. The molecule has 1 aliphatic rings. The number of likely N-dealkylation sites (tertiary alicyclic amines) is 1. The first-order chi connectivity index (χ1) is 26.3. The molecule has 294 valence electrons. The van der Waals surface area contributed by atoms with Gasteiger partial charge >= 0.3 is 17.9 Å². The van der Waals surface area contributed by atoms with E-state index in [2.05, 4.69) is 10.4 Å². The fourth-order valence-electron chi connectivity index (χ4n) is 6.19. The number of aromatic nitrogens is 4. The Labute approximate surface area is 321 Å². The zero-order valence-corrected chi connectivity index (χ0v) is 31.7. The SMILES string of the molecule is Cc1c(-c2ccnn2-c2ccc(C#N)cc2)n(C(=O)NC2CCN(C(=O)C[N+](C)(C)C)CC2)c(=O)n1-c1cccc(C(F)(F)F)c1.O=S(=O)([O-])c1ccccc1. The Balaban J connectivity index is 0.000000522. The number of carbonyl (C=O) groups excluding carboxylic acids is 2. The number of alkyl halides is 3. The van der Waals surface area contributed by atoms with Crippen LogP contribution in [0.1, 0.15) is 29.7 Å². The molecule has 18 heteroatoms. The van der Waals surface area contributed by atoms with Crippen LogP contribution in [0.5, 0.6) is 0 Å². The number of rotatable bonds is 7. The molecule has 5 aromatic rings. The molecule has 0 atom stereocenters. The lowest BCUT2D eigenvalue weighted by atomic mass is 10.1. The molecule has 0 radical (unpaired) electrons. The van der Waals surface area contributed by atoms with E-state index in [0.717, 1.165) is 21.3 Å². The van der Waals surface area contributed by atoms with Crippen molar-refractivity contribution in [3.63, 3.8) is 0 Å². The second-order valence-electron chi connectivity index (χ2n) is 14.0. The molecule has 3 aromatic carbocycles. The van der Waals surface area contributed by atoms with Crippen LogP contribution >= 0.6 is 0 Å². The highest BCUT2D eigenvalue weighted by Crippen LogP contribution is 2.32. The lowest BCUT2D eigenvalue weighted by molar-refractivity contribution is -0.862. The summed E-state index contributed by atoms with van der Waals surface area (Å²) < 4.78 is 75.7. The molecule has 14 nitrogen and oxygen atoms in total. The van der Waals surface area contributed by atoms with Gasteiger partial charge < -0.3 is 19.3 Å². The quantitative estimate of drug-likeness (QED) is 0.185. The fourth-order valence-corrected chi connectivity index (χ4v) is 6.68. The first-order valence-electron chi connectivity index (χ1n) is 17.3. The van der Waals surface area contributed by atoms with Gasteiger partial charge in [-0.25, -0.2) is 27.3 Å². The van der Waals surface area contributed by atoms with Crippen molar-refractivity contribution in [3.8, 4) is 28.8 Å². The maximum Gasteiger partial charge on any atom is 0.416 e. The predicted octanol–water partition coefficient (Wildman–Crippen LogP) is 4.54. The van der Waals surface area contributed by atoms with Crippen LogP contribution in [0.15, 0.2) is 101 Å². The Hall–Kier alpha value is -6.03. The summed E-state index contributed by atoms with van der Waals surface area (Å²) in [5.41, 5.74) is -0.203. The molecule has 3 heterocycles. The molecule has 0 aliphatic carbocycles. The molecule has 6 rings (SSSR count). The van der Waals surface area contributed by atoms with E-state index in [4.69, 9.17) is 0 Å². The molecule has 2 amide bonds. The van der Waals surface area contributed by atoms with E-state index < -0.39 is 33.6 Å². The van der Waals surface area contributed by atoms with Crippen LogP contribution in [0.25, 0.3) is 22.8 Å².